The van der Waals surface area contributed by atoms with Crippen LogP contribution in [0.1, 0.15) is 16.5 Å². The Hall–Kier alpha value is -2.56. The van der Waals surface area contributed by atoms with Crippen LogP contribution in [-0.2, 0) is 23.9 Å². The van der Waals surface area contributed by atoms with Crippen molar-refractivity contribution in [3.63, 3.8) is 0 Å². The van der Waals surface area contributed by atoms with Gasteiger partial charge in [-0.05, 0) is 12.1 Å². The van der Waals surface area contributed by atoms with Crippen molar-refractivity contribution in [1.82, 2.24) is 20.5 Å². The van der Waals surface area contributed by atoms with E-state index in [0.717, 1.165) is 22.5 Å². The third-order valence-corrected chi connectivity index (χ3v) is 4.21. The van der Waals surface area contributed by atoms with Crippen LogP contribution in [0.3, 0.4) is 0 Å². The minimum Gasteiger partial charge on any atom is -0.469 e. The first-order chi connectivity index (χ1) is 12.8. The summed E-state index contributed by atoms with van der Waals surface area (Å²) in [5.41, 5.74) is -0.920. The molecule has 2 heterocycles. The SMILES string of the molecule is CN(C)C(=O)CN=C(NCCc1ccco1)NCc1nc(C(F)(F)F)cs1. The average molecular weight is 403 g/mol. The van der Waals surface area contributed by atoms with E-state index in [1.807, 2.05) is 6.07 Å². The van der Waals surface area contributed by atoms with Crippen LogP contribution in [0.4, 0.5) is 13.2 Å². The largest absolute Gasteiger partial charge is 0.469 e. The number of likely N-dealkylation sites (N-methyl/N-ethyl adjacent to an activating group) is 1. The normalized spacial score (nSPS) is 12.1. The summed E-state index contributed by atoms with van der Waals surface area (Å²) in [6, 6.07) is 3.61. The number of carbonyl (C=O) groups is 1. The van der Waals surface area contributed by atoms with Gasteiger partial charge in [0, 0.05) is 32.4 Å². The Balaban J connectivity index is 1.94. The van der Waals surface area contributed by atoms with Gasteiger partial charge >= 0.3 is 6.18 Å². The number of furan rings is 1. The van der Waals surface area contributed by atoms with Crippen LogP contribution in [0.5, 0.6) is 0 Å². The summed E-state index contributed by atoms with van der Waals surface area (Å²) < 4.78 is 43.1. The molecule has 2 rings (SSSR count). The van der Waals surface area contributed by atoms with Crippen LogP contribution in [0.2, 0.25) is 0 Å². The summed E-state index contributed by atoms with van der Waals surface area (Å²) >= 11 is 0.903. The van der Waals surface area contributed by atoms with Gasteiger partial charge in [-0.1, -0.05) is 0 Å². The second-order valence-corrected chi connectivity index (χ2v) is 6.63. The van der Waals surface area contributed by atoms with Gasteiger partial charge in [-0.3, -0.25) is 4.79 Å². The molecule has 0 aliphatic heterocycles. The Morgan fingerprint density at radius 2 is 2.15 bits per heavy atom. The Kier molecular flexibility index (Phi) is 7.22. The predicted molar refractivity (Wildman–Crippen MR) is 95.4 cm³/mol. The van der Waals surface area contributed by atoms with Gasteiger partial charge < -0.3 is 20.0 Å². The second-order valence-electron chi connectivity index (χ2n) is 5.69. The Bertz CT molecular complexity index is 756. The zero-order valence-corrected chi connectivity index (χ0v) is 15.7. The fraction of sp³-hybridized carbons (Fsp3) is 0.438. The molecule has 0 fully saturated rings. The summed E-state index contributed by atoms with van der Waals surface area (Å²) in [6.45, 7) is 0.444. The highest BCUT2D eigenvalue weighted by molar-refractivity contribution is 7.09. The summed E-state index contributed by atoms with van der Waals surface area (Å²) in [5, 5.41) is 7.15. The zero-order chi connectivity index (χ0) is 19.9. The highest BCUT2D eigenvalue weighted by Crippen LogP contribution is 2.29. The van der Waals surface area contributed by atoms with E-state index in [2.05, 4.69) is 20.6 Å². The molecule has 0 bridgehead atoms. The molecule has 0 unspecified atom stereocenters. The van der Waals surface area contributed by atoms with Crippen LogP contribution in [-0.4, -0.2) is 48.9 Å². The maximum atomic E-state index is 12.6. The molecule has 0 aromatic carbocycles. The molecular weight excluding hydrogens is 383 g/mol. The number of hydrogen-bond donors (Lipinski definition) is 2. The fourth-order valence-electron chi connectivity index (χ4n) is 1.90. The van der Waals surface area contributed by atoms with E-state index in [4.69, 9.17) is 4.42 Å². The highest BCUT2D eigenvalue weighted by Gasteiger charge is 2.33. The number of thiazole rings is 1. The first-order valence-electron chi connectivity index (χ1n) is 8.02. The van der Waals surface area contributed by atoms with Gasteiger partial charge in [-0.2, -0.15) is 13.2 Å². The standard InChI is InChI=1S/C16H20F3N5O2S/c1-24(2)14(25)9-22-15(20-6-5-11-4-3-7-26-11)21-8-13-23-12(10-27-13)16(17,18)19/h3-4,7,10H,5-6,8-9H2,1-2H3,(H2,20,21,22). The van der Waals surface area contributed by atoms with Crippen molar-refractivity contribution < 1.29 is 22.4 Å². The van der Waals surface area contributed by atoms with E-state index in [-0.39, 0.29) is 24.0 Å². The van der Waals surface area contributed by atoms with Gasteiger partial charge in [0.1, 0.15) is 17.3 Å². The molecule has 2 aromatic rings. The van der Waals surface area contributed by atoms with E-state index in [1.54, 1.807) is 26.4 Å². The number of guanidine groups is 1. The number of nitrogens with zero attached hydrogens (tertiary/aromatic N) is 3. The van der Waals surface area contributed by atoms with Crippen molar-refractivity contribution in [3.8, 4) is 0 Å². The molecule has 0 atom stereocenters. The van der Waals surface area contributed by atoms with Crippen LogP contribution in [0.15, 0.2) is 33.2 Å². The molecule has 7 nitrogen and oxygen atoms in total. The average Bonchev–Trinajstić information content (AvgIpc) is 3.27. The zero-order valence-electron chi connectivity index (χ0n) is 14.8. The topological polar surface area (TPSA) is 82.8 Å². The molecule has 2 N–H and O–H groups in total. The van der Waals surface area contributed by atoms with Crippen LogP contribution >= 0.6 is 11.3 Å². The molecule has 0 aliphatic rings. The lowest BCUT2D eigenvalue weighted by atomic mass is 10.3. The van der Waals surface area contributed by atoms with Crippen LogP contribution in [0, 0.1) is 0 Å². The van der Waals surface area contributed by atoms with Crippen LogP contribution < -0.4 is 10.6 Å². The lowest BCUT2D eigenvalue weighted by molar-refractivity contribution is -0.140. The Morgan fingerprint density at radius 3 is 2.74 bits per heavy atom. The number of alkyl halides is 3. The molecule has 27 heavy (non-hydrogen) atoms. The van der Waals surface area contributed by atoms with Gasteiger partial charge in [0.25, 0.3) is 0 Å². The van der Waals surface area contributed by atoms with Gasteiger partial charge in [-0.25, -0.2) is 9.98 Å². The van der Waals surface area contributed by atoms with Crippen molar-refractivity contribution in [2.75, 3.05) is 27.2 Å². The minimum atomic E-state index is -4.47. The minimum absolute atomic E-state index is 0.0590. The summed E-state index contributed by atoms with van der Waals surface area (Å²) in [5.74, 6) is 0.886. The number of rotatable bonds is 7. The number of aromatic nitrogens is 1. The summed E-state index contributed by atoms with van der Waals surface area (Å²) in [7, 11) is 3.23. The van der Waals surface area contributed by atoms with E-state index in [1.165, 1.54) is 4.90 Å². The van der Waals surface area contributed by atoms with Gasteiger partial charge in [0.2, 0.25) is 5.91 Å². The van der Waals surface area contributed by atoms with Gasteiger partial charge in [-0.15, -0.1) is 11.3 Å². The van der Waals surface area contributed by atoms with Gasteiger partial charge in [0.05, 0.1) is 12.8 Å². The molecule has 2 aromatic heterocycles. The van der Waals surface area contributed by atoms with Crippen molar-refractivity contribution in [2.45, 2.75) is 19.1 Å². The molecule has 0 saturated carbocycles. The monoisotopic (exact) mass is 403 g/mol. The van der Waals surface area contributed by atoms with Crippen LogP contribution in [0.25, 0.3) is 0 Å². The summed E-state index contributed by atoms with van der Waals surface area (Å²) in [6.07, 6.45) is -2.31. The fourth-order valence-corrected chi connectivity index (χ4v) is 2.64. The summed E-state index contributed by atoms with van der Waals surface area (Å²) in [4.78, 5) is 20.8. The van der Waals surface area contributed by atoms with E-state index < -0.39 is 11.9 Å². The van der Waals surface area contributed by atoms with E-state index in [0.29, 0.717) is 18.9 Å². The Labute approximate surface area is 158 Å². The van der Waals surface area contributed by atoms with E-state index >= 15 is 0 Å². The first-order valence-corrected chi connectivity index (χ1v) is 8.90. The second kappa shape index (κ2) is 9.40. The number of nitrogens with one attached hydrogen (secondary N) is 2. The molecule has 0 spiro atoms. The molecule has 0 aliphatic carbocycles. The molecule has 1 amide bonds. The number of carbonyl (C=O) groups excluding carboxylic acids is 1. The molecule has 0 radical (unpaired) electrons. The molecule has 148 valence electrons. The third kappa shape index (κ3) is 6.93. The van der Waals surface area contributed by atoms with Crippen molar-refractivity contribution in [3.05, 3.63) is 40.2 Å². The van der Waals surface area contributed by atoms with Crippen molar-refractivity contribution in [2.24, 2.45) is 4.99 Å². The van der Waals surface area contributed by atoms with Crippen molar-refractivity contribution in [1.29, 1.82) is 0 Å². The number of aliphatic imine (C=N–C) groups is 1. The maximum absolute atomic E-state index is 12.6. The smallest absolute Gasteiger partial charge is 0.434 e. The lowest BCUT2D eigenvalue weighted by Crippen LogP contribution is -2.39. The number of hydrogen-bond acceptors (Lipinski definition) is 5. The quantitative estimate of drug-likeness (QED) is 0.547. The third-order valence-electron chi connectivity index (χ3n) is 3.36. The lowest BCUT2D eigenvalue weighted by Gasteiger charge is -2.13. The maximum Gasteiger partial charge on any atom is 0.434 e. The van der Waals surface area contributed by atoms with Crippen molar-refractivity contribution >= 4 is 23.2 Å². The molecule has 0 saturated heterocycles. The molecular formula is C16H20F3N5O2S. The Morgan fingerprint density at radius 1 is 1.37 bits per heavy atom. The molecule has 11 heteroatoms. The van der Waals surface area contributed by atoms with Gasteiger partial charge in [0.15, 0.2) is 11.7 Å². The number of amides is 1. The van der Waals surface area contributed by atoms with E-state index in [9.17, 15) is 18.0 Å². The highest BCUT2D eigenvalue weighted by atomic mass is 32.1. The predicted octanol–water partition coefficient (Wildman–Crippen LogP) is 2.12. The first kappa shape index (κ1) is 20.7. The number of halogens is 3.